The number of halogens is 4. The van der Waals surface area contributed by atoms with E-state index in [1.165, 1.54) is 6.07 Å². The van der Waals surface area contributed by atoms with E-state index >= 15 is 0 Å². The van der Waals surface area contributed by atoms with Gasteiger partial charge in [0.05, 0.1) is 10.6 Å². The first-order chi connectivity index (χ1) is 12.2. The molecule has 0 saturated heterocycles. The van der Waals surface area contributed by atoms with Crippen LogP contribution in [0.25, 0.3) is 0 Å². The van der Waals surface area contributed by atoms with Gasteiger partial charge in [-0.25, -0.2) is 18.0 Å². The molecule has 0 aliphatic rings. The van der Waals surface area contributed by atoms with Gasteiger partial charge >= 0.3 is 5.97 Å². The highest BCUT2D eigenvalue weighted by atomic mass is 35.5. The van der Waals surface area contributed by atoms with E-state index in [1.807, 2.05) is 5.32 Å². The summed E-state index contributed by atoms with van der Waals surface area (Å²) in [6.07, 6.45) is 0. The summed E-state index contributed by atoms with van der Waals surface area (Å²) >= 11 is 5.61. The van der Waals surface area contributed by atoms with Gasteiger partial charge in [0.1, 0.15) is 5.56 Å². The van der Waals surface area contributed by atoms with Crippen molar-refractivity contribution in [1.82, 2.24) is 0 Å². The molecule has 0 radical (unpaired) electrons. The smallest absolute Gasteiger partial charge is 0.345 e. The van der Waals surface area contributed by atoms with Crippen molar-refractivity contribution in [2.24, 2.45) is 0 Å². The number of nitro benzene ring substituents is 1. The first-order valence-corrected chi connectivity index (χ1v) is 7.13. The summed E-state index contributed by atoms with van der Waals surface area (Å²) in [5.41, 5.74) is -1.75. The number of carbonyl (C=O) groups is 2. The Labute approximate surface area is 148 Å². The lowest BCUT2D eigenvalue weighted by Gasteiger charge is -2.08. The number of amides is 1. The molecule has 0 heterocycles. The molecule has 11 heteroatoms. The number of anilines is 1. The Bertz CT molecular complexity index is 907. The fraction of sp³-hybridized carbons (Fsp3) is 0.0667. The first kappa shape index (κ1) is 19.2. The predicted octanol–water partition coefficient (Wildman–Crippen LogP) is 3.46. The molecule has 0 unspecified atom stereocenters. The van der Waals surface area contributed by atoms with E-state index in [-0.39, 0.29) is 5.02 Å². The predicted molar refractivity (Wildman–Crippen MR) is 83.3 cm³/mol. The molecule has 0 aliphatic heterocycles. The number of benzene rings is 2. The second kappa shape index (κ2) is 7.83. The zero-order valence-corrected chi connectivity index (χ0v) is 13.4. The normalized spacial score (nSPS) is 10.3. The topological polar surface area (TPSA) is 98.5 Å². The maximum Gasteiger partial charge on any atom is 0.345 e. The largest absolute Gasteiger partial charge is 0.452 e. The van der Waals surface area contributed by atoms with Crippen molar-refractivity contribution in [3.63, 3.8) is 0 Å². The zero-order chi connectivity index (χ0) is 19.4. The van der Waals surface area contributed by atoms with Crippen LogP contribution in [0.1, 0.15) is 10.4 Å². The molecule has 0 aliphatic carbocycles. The highest BCUT2D eigenvalue weighted by Gasteiger charge is 2.23. The molecule has 0 spiro atoms. The van der Waals surface area contributed by atoms with Crippen molar-refractivity contribution in [3.05, 3.63) is 68.5 Å². The van der Waals surface area contributed by atoms with Crippen molar-refractivity contribution >= 4 is 34.9 Å². The number of hydrogen-bond acceptors (Lipinski definition) is 5. The molecular weight excluding hydrogens is 381 g/mol. The third kappa shape index (κ3) is 4.28. The zero-order valence-electron chi connectivity index (χ0n) is 12.6. The van der Waals surface area contributed by atoms with Gasteiger partial charge in [-0.15, -0.1) is 0 Å². The van der Waals surface area contributed by atoms with Crippen LogP contribution in [0.4, 0.5) is 24.5 Å². The summed E-state index contributed by atoms with van der Waals surface area (Å²) in [6.45, 7) is -0.947. The van der Waals surface area contributed by atoms with E-state index in [0.29, 0.717) is 6.07 Å². The maximum atomic E-state index is 13.4. The highest BCUT2D eigenvalue weighted by Crippen LogP contribution is 2.24. The van der Waals surface area contributed by atoms with E-state index < -0.39 is 57.8 Å². The van der Waals surface area contributed by atoms with Crippen LogP contribution in [0.5, 0.6) is 0 Å². The van der Waals surface area contributed by atoms with Crippen LogP contribution in [0.15, 0.2) is 30.3 Å². The fourth-order valence-corrected chi connectivity index (χ4v) is 2.01. The van der Waals surface area contributed by atoms with Crippen molar-refractivity contribution in [2.75, 3.05) is 11.9 Å². The van der Waals surface area contributed by atoms with Gasteiger partial charge in [0.25, 0.3) is 11.6 Å². The third-order valence-electron chi connectivity index (χ3n) is 3.02. The SMILES string of the molecule is O=C(COC(=O)c1ccc(Cl)cc1[N+](=O)[O-])Nc1ccc(F)c(F)c1F. The summed E-state index contributed by atoms with van der Waals surface area (Å²) in [5, 5.41) is 12.8. The number of nitro groups is 1. The quantitative estimate of drug-likeness (QED) is 0.366. The molecule has 2 aromatic carbocycles. The monoisotopic (exact) mass is 388 g/mol. The van der Waals surface area contributed by atoms with Crippen LogP contribution in [-0.2, 0) is 9.53 Å². The van der Waals surface area contributed by atoms with Crippen LogP contribution in [0.3, 0.4) is 0 Å². The molecule has 0 saturated carbocycles. The Hall–Kier alpha value is -3.14. The maximum absolute atomic E-state index is 13.4. The van der Waals surface area contributed by atoms with Gasteiger partial charge in [0, 0.05) is 11.1 Å². The molecule has 2 aromatic rings. The van der Waals surface area contributed by atoms with Crippen molar-refractivity contribution in [1.29, 1.82) is 0 Å². The minimum Gasteiger partial charge on any atom is -0.452 e. The molecule has 26 heavy (non-hydrogen) atoms. The number of esters is 1. The average Bonchev–Trinajstić information content (AvgIpc) is 2.60. The summed E-state index contributed by atoms with van der Waals surface area (Å²) in [5.74, 6) is -7.12. The molecule has 0 bridgehead atoms. The molecule has 0 atom stereocenters. The van der Waals surface area contributed by atoms with E-state index in [9.17, 15) is 32.9 Å². The lowest BCUT2D eigenvalue weighted by atomic mass is 10.2. The fourth-order valence-electron chi connectivity index (χ4n) is 1.85. The molecule has 7 nitrogen and oxygen atoms in total. The number of ether oxygens (including phenoxy) is 1. The van der Waals surface area contributed by atoms with Gasteiger partial charge in [-0.1, -0.05) is 11.6 Å². The van der Waals surface area contributed by atoms with Crippen LogP contribution >= 0.6 is 11.6 Å². The minimum absolute atomic E-state index is 0.0137. The second-order valence-corrected chi connectivity index (χ2v) is 5.20. The van der Waals surface area contributed by atoms with Gasteiger partial charge in [-0.05, 0) is 24.3 Å². The Balaban J connectivity index is 2.05. The number of hydrogen-bond donors (Lipinski definition) is 1. The minimum atomic E-state index is -1.78. The van der Waals surface area contributed by atoms with Gasteiger partial charge in [-0.2, -0.15) is 0 Å². The molecule has 2 rings (SSSR count). The summed E-state index contributed by atoms with van der Waals surface area (Å²) < 4.78 is 43.9. The number of nitrogens with zero attached hydrogens (tertiary/aromatic N) is 1. The Morgan fingerprint density at radius 2 is 1.85 bits per heavy atom. The van der Waals surface area contributed by atoms with E-state index in [4.69, 9.17) is 11.6 Å². The van der Waals surface area contributed by atoms with Crippen LogP contribution in [0.2, 0.25) is 5.02 Å². The van der Waals surface area contributed by atoms with E-state index in [2.05, 4.69) is 4.74 Å². The highest BCUT2D eigenvalue weighted by molar-refractivity contribution is 6.31. The molecule has 136 valence electrons. The van der Waals surface area contributed by atoms with Crippen molar-refractivity contribution < 1.29 is 32.4 Å². The number of rotatable bonds is 5. The average molecular weight is 389 g/mol. The van der Waals surface area contributed by atoms with Gasteiger partial charge in [0.2, 0.25) is 0 Å². The Morgan fingerprint density at radius 1 is 1.15 bits per heavy atom. The van der Waals surface area contributed by atoms with E-state index in [0.717, 1.165) is 18.2 Å². The summed E-state index contributed by atoms with van der Waals surface area (Å²) in [4.78, 5) is 33.6. The van der Waals surface area contributed by atoms with Crippen molar-refractivity contribution in [3.8, 4) is 0 Å². The third-order valence-corrected chi connectivity index (χ3v) is 3.26. The Morgan fingerprint density at radius 3 is 2.50 bits per heavy atom. The molecule has 1 amide bonds. The number of carbonyl (C=O) groups excluding carboxylic acids is 2. The van der Waals surface area contributed by atoms with Gasteiger partial charge in [-0.3, -0.25) is 14.9 Å². The van der Waals surface area contributed by atoms with Crippen LogP contribution < -0.4 is 5.32 Å². The van der Waals surface area contributed by atoms with Gasteiger partial charge < -0.3 is 10.1 Å². The lowest BCUT2D eigenvalue weighted by Crippen LogP contribution is -2.22. The molecule has 0 aromatic heterocycles. The summed E-state index contributed by atoms with van der Waals surface area (Å²) in [6, 6.07) is 4.54. The first-order valence-electron chi connectivity index (χ1n) is 6.75. The van der Waals surface area contributed by atoms with Gasteiger partial charge in [0.15, 0.2) is 24.1 Å². The number of nitrogens with one attached hydrogen (secondary N) is 1. The summed E-state index contributed by atoms with van der Waals surface area (Å²) in [7, 11) is 0. The second-order valence-electron chi connectivity index (χ2n) is 4.77. The Kier molecular flexibility index (Phi) is 5.78. The molecule has 0 fully saturated rings. The van der Waals surface area contributed by atoms with Crippen molar-refractivity contribution in [2.45, 2.75) is 0 Å². The van der Waals surface area contributed by atoms with Crippen LogP contribution in [0, 0.1) is 27.6 Å². The van der Waals surface area contributed by atoms with Crippen LogP contribution in [-0.4, -0.2) is 23.4 Å². The lowest BCUT2D eigenvalue weighted by molar-refractivity contribution is -0.385. The van der Waals surface area contributed by atoms with E-state index in [1.54, 1.807) is 0 Å². The molecular formula is C15H8ClF3N2O5. The molecule has 1 N–H and O–H groups in total. The standard InChI is InChI=1S/C15H8ClF3N2O5/c16-7-1-2-8(11(5-7)21(24)25)15(23)26-6-12(22)20-10-4-3-9(17)13(18)14(10)19/h1-5H,6H2,(H,20,22).